The van der Waals surface area contributed by atoms with E-state index in [1.54, 1.807) is 18.2 Å². The van der Waals surface area contributed by atoms with Crippen molar-refractivity contribution in [1.82, 2.24) is 4.98 Å². The van der Waals surface area contributed by atoms with Gasteiger partial charge in [0.05, 0.1) is 22.7 Å². The minimum absolute atomic E-state index is 0.418. The van der Waals surface area contributed by atoms with Crippen molar-refractivity contribution >= 4 is 32.7 Å². The van der Waals surface area contributed by atoms with Gasteiger partial charge in [-0.1, -0.05) is 17.4 Å². The van der Waals surface area contributed by atoms with E-state index in [-0.39, 0.29) is 0 Å². The number of carbonyl (C=O) groups is 1. The number of nitrogens with zero attached hydrogens (tertiary/aromatic N) is 1. The second-order valence-corrected chi connectivity index (χ2v) is 4.95. The molecule has 2 unspecified atom stereocenters. The number of nitrogen functional groups attached to an aromatic ring is 1. The van der Waals surface area contributed by atoms with Gasteiger partial charge >= 0.3 is 5.97 Å². The molecule has 0 aliphatic rings. The van der Waals surface area contributed by atoms with E-state index in [1.807, 2.05) is 0 Å². The third kappa shape index (κ3) is 2.58. The number of rotatable bonds is 4. The molecule has 0 amide bonds. The van der Waals surface area contributed by atoms with Crippen LogP contribution in [-0.4, -0.2) is 32.4 Å². The Balaban J connectivity index is 2.26. The van der Waals surface area contributed by atoms with Crippen molar-refractivity contribution in [2.45, 2.75) is 18.6 Å². The van der Waals surface area contributed by atoms with E-state index in [2.05, 4.69) is 4.98 Å². The zero-order valence-electron chi connectivity index (χ0n) is 9.28. The van der Waals surface area contributed by atoms with Crippen LogP contribution in [0.1, 0.15) is 18.1 Å². The fourth-order valence-corrected chi connectivity index (χ4v) is 2.37. The van der Waals surface area contributed by atoms with Crippen molar-refractivity contribution in [2.75, 3.05) is 5.73 Å². The van der Waals surface area contributed by atoms with Crippen molar-refractivity contribution in [3.05, 3.63) is 23.8 Å². The first kappa shape index (κ1) is 12.7. The van der Waals surface area contributed by atoms with Crippen LogP contribution in [0.2, 0.25) is 0 Å². The summed E-state index contributed by atoms with van der Waals surface area (Å²) in [6.07, 6.45) is -3.12. The van der Waals surface area contributed by atoms with Crippen LogP contribution in [-0.2, 0) is 4.79 Å². The molecule has 2 rings (SSSR count). The van der Waals surface area contributed by atoms with Gasteiger partial charge in [-0.05, 0) is 17.7 Å². The zero-order valence-corrected chi connectivity index (χ0v) is 10.1. The van der Waals surface area contributed by atoms with E-state index in [9.17, 15) is 15.0 Å². The van der Waals surface area contributed by atoms with Crippen LogP contribution in [0.5, 0.6) is 0 Å². The summed E-state index contributed by atoms with van der Waals surface area (Å²) in [6.45, 7) is 0. The number of aliphatic hydroxyl groups excluding tert-OH is 2. The van der Waals surface area contributed by atoms with Crippen molar-refractivity contribution in [3.63, 3.8) is 0 Å². The van der Waals surface area contributed by atoms with Gasteiger partial charge in [-0.3, -0.25) is 4.79 Å². The molecule has 0 radical (unpaired) electrons. The van der Waals surface area contributed by atoms with Gasteiger partial charge in [0.2, 0.25) is 0 Å². The smallest absolute Gasteiger partial charge is 0.306 e. The molecule has 18 heavy (non-hydrogen) atoms. The highest BCUT2D eigenvalue weighted by Gasteiger charge is 2.21. The number of fused-ring (bicyclic) bond motifs is 1. The molecule has 7 heteroatoms. The van der Waals surface area contributed by atoms with E-state index >= 15 is 0 Å². The number of thiazole rings is 1. The molecule has 0 aliphatic carbocycles. The van der Waals surface area contributed by atoms with Gasteiger partial charge in [0.25, 0.3) is 0 Å². The van der Waals surface area contributed by atoms with Crippen LogP contribution in [0.4, 0.5) is 5.13 Å². The number of nitrogens with two attached hydrogens (primary N) is 1. The van der Waals surface area contributed by atoms with Crippen molar-refractivity contribution < 1.29 is 20.1 Å². The molecule has 0 fully saturated rings. The molecule has 6 nitrogen and oxygen atoms in total. The molecular weight excluding hydrogens is 256 g/mol. The Bertz CT molecular complexity index is 583. The second-order valence-electron chi connectivity index (χ2n) is 3.89. The Morgan fingerprint density at radius 1 is 1.44 bits per heavy atom. The van der Waals surface area contributed by atoms with Gasteiger partial charge in [-0.15, -0.1) is 0 Å². The van der Waals surface area contributed by atoms with Crippen molar-refractivity contribution in [3.8, 4) is 0 Å². The maximum absolute atomic E-state index is 10.5. The first-order valence-electron chi connectivity index (χ1n) is 5.21. The quantitative estimate of drug-likeness (QED) is 0.650. The van der Waals surface area contributed by atoms with E-state index in [4.69, 9.17) is 10.8 Å². The topological polar surface area (TPSA) is 117 Å². The van der Waals surface area contributed by atoms with Crippen molar-refractivity contribution in [1.29, 1.82) is 0 Å². The number of aliphatic hydroxyl groups is 2. The SMILES string of the molecule is Nc1nc2cc(C(O)C(O)CC(=O)O)ccc2s1. The monoisotopic (exact) mass is 268 g/mol. The molecule has 2 aromatic rings. The van der Waals surface area contributed by atoms with Gasteiger partial charge in [0, 0.05) is 0 Å². The van der Waals surface area contributed by atoms with Gasteiger partial charge in [-0.25, -0.2) is 4.98 Å². The van der Waals surface area contributed by atoms with Crippen LogP contribution in [0.25, 0.3) is 10.2 Å². The molecular formula is C11H12N2O4S. The largest absolute Gasteiger partial charge is 0.481 e. The van der Waals surface area contributed by atoms with E-state index in [0.717, 1.165) is 4.70 Å². The third-order valence-corrected chi connectivity index (χ3v) is 3.38. The molecule has 0 spiro atoms. The summed E-state index contributed by atoms with van der Waals surface area (Å²) in [5, 5.41) is 28.4. The van der Waals surface area contributed by atoms with Gasteiger partial charge in [0.1, 0.15) is 6.10 Å². The van der Waals surface area contributed by atoms with E-state index < -0.39 is 24.6 Å². The summed E-state index contributed by atoms with van der Waals surface area (Å²) < 4.78 is 0.871. The molecule has 0 saturated carbocycles. The molecule has 1 aromatic heterocycles. The fraction of sp³-hybridized carbons (Fsp3) is 0.273. The molecule has 96 valence electrons. The van der Waals surface area contributed by atoms with Crippen LogP contribution in [0.3, 0.4) is 0 Å². The number of anilines is 1. The van der Waals surface area contributed by atoms with Crippen LogP contribution in [0, 0.1) is 0 Å². The second kappa shape index (κ2) is 4.89. The predicted molar refractivity (Wildman–Crippen MR) is 67.3 cm³/mol. The zero-order chi connectivity index (χ0) is 13.3. The minimum Gasteiger partial charge on any atom is -0.481 e. The lowest BCUT2D eigenvalue weighted by Gasteiger charge is -2.16. The lowest BCUT2D eigenvalue weighted by molar-refractivity contribution is -0.141. The first-order chi connectivity index (χ1) is 8.47. The molecule has 0 aliphatic heterocycles. The van der Waals surface area contributed by atoms with Gasteiger partial charge in [-0.2, -0.15) is 0 Å². The molecule has 5 N–H and O–H groups in total. The Kier molecular flexibility index (Phi) is 3.46. The van der Waals surface area contributed by atoms with Gasteiger partial charge < -0.3 is 21.1 Å². The Labute approximate surface area is 106 Å². The first-order valence-corrected chi connectivity index (χ1v) is 6.03. The average molecular weight is 268 g/mol. The third-order valence-electron chi connectivity index (χ3n) is 2.52. The standard InChI is InChI=1S/C11H12N2O4S/c12-11-13-6-3-5(1-2-8(6)18-11)10(17)7(14)4-9(15)16/h1-3,7,10,14,17H,4H2,(H2,12,13)(H,15,16). The van der Waals surface area contributed by atoms with Crippen LogP contribution >= 0.6 is 11.3 Å². The van der Waals surface area contributed by atoms with Crippen LogP contribution in [0.15, 0.2) is 18.2 Å². The molecule has 1 aromatic carbocycles. The summed E-state index contributed by atoms with van der Waals surface area (Å²) in [6, 6.07) is 4.95. The fourth-order valence-electron chi connectivity index (χ4n) is 1.66. The highest BCUT2D eigenvalue weighted by Crippen LogP contribution is 2.28. The summed E-state index contributed by atoms with van der Waals surface area (Å²) in [5.41, 5.74) is 6.60. The van der Waals surface area contributed by atoms with Crippen LogP contribution < -0.4 is 5.73 Å². The number of benzene rings is 1. The normalized spacial score (nSPS) is 14.6. The lowest BCUT2D eigenvalue weighted by atomic mass is 10.0. The number of carboxylic acid groups (broad SMARTS) is 1. The number of carboxylic acids is 1. The Hall–Kier alpha value is -1.70. The van der Waals surface area contributed by atoms with Gasteiger partial charge in [0.15, 0.2) is 5.13 Å². The predicted octanol–water partition coefficient (Wildman–Crippen LogP) is 0.748. The van der Waals surface area contributed by atoms with E-state index in [1.165, 1.54) is 11.3 Å². The Morgan fingerprint density at radius 2 is 2.17 bits per heavy atom. The summed E-state index contributed by atoms with van der Waals surface area (Å²) in [7, 11) is 0. The molecule has 0 saturated heterocycles. The maximum Gasteiger partial charge on any atom is 0.306 e. The summed E-state index contributed by atoms with van der Waals surface area (Å²) in [4.78, 5) is 14.5. The molecule has 0 bridgehead atoms. The number of aromatic nitrogens is 1. The molecule has 1 heterocycles. The summed E-state index contributed by atoms with van der Waals surface area (Å²) >= 11 is 1.32. The van der Waals surface area contributed by atoms with E-state index in [0.29, 0.717) is 16.2 Å². The highest BCUT2D eigenvalue weighted by atomic mass is 32.1. The maximum atomic E-state index is 10.5. The number of hydrogen-bond acceptors (Lipinski definition) is 6. The minimum atomic E-state index is -1.35. The Morgan fingerprint density at radius 3 is 2.83 bits per heavy atom. The summed E-state index contributed by atoms with van der Waals surface area (Å²) in [5.74, 6) is -1.17. The lowest BCUT2D eigenvalue weighted by Crippen LogP contribution is -2.21. The van der Waals surface area contributed by atoms with Crippen molar-refractivity contribution in [2.24, 2.45) is 0 Å². The number of hydrogen-bond donors (Lipinski definition) is 4. The molecule has 2 atom stereocenters. The highest BCUT2D eigenvalue weighted by molar-refractivity contribution is 7.22. The number of aliphatic carboxylic acids is 1. The average Bonchev–Trinajstić information content (AvgIpc) is 2.65.